The quantitative estimate of drug-likeness (QED) is 0.504. The van der Waals surface area contributed by atoms with Gasteiger partial charge in [0.1, 0.15) is 11.1 Å². The van der Waals surface area contributed by atoms with Crippen molar-refractivity contribution in [2.45, 2.75) is 51.6 Å². The van der Waals surface area contributed by atoms with Crippen LogP contribution in [0, 0.1) is 5.92 Å². The third kappa shape index (κ3) is 5.73. The van der Waals surface area contributed by atoms with Crippen molar-refractivity contribution in [2.24, 2.45) is 5.92 Å². The van der Waals surface area contributed by atoms with E-state index in [4.69, 9.17) is 0 Å². The van der Waals surface area contributed by atoms with Crippen LogP contribution in [0.2, 0.25) is 0 Å². The molecule has 0 spiro atoms. The van der Waals surface area contributed by atoms with E-state index in [2.05, 4.69) is 10.3 Å². The lowest BCUT2D eigenvalue weighted by Gasteiger charge is -2.23. The summed E-state index contributed by atoms with van der Waals surface area (Å²) in [6, 6.07) is 13.0. The van der Waals surface area contributed by atoms with Gasteiger partial charge in [0.05, 0.1) is 6.04 Å². The van der Waals surface area contributed by atoms with Crippen molar-refractivity contribution in [2.75, 3.05) is 13.6 Å². The number of carbonyl (C=O) groups excluding carboxylic acids is 2. The van der Waals surface area contributed by atoms with E-state index in [-0.39, 0.29) is 29.0 Å². The smallest absolute Gasteiger partial charge is 0.259 e. The highest BCUT2D eigenvalue weighted by Crippen LogP contribution is 2.29. The summed E-state index contributed by atoms with van der Waals surface area (Å²) in [5, 5.41) is 3.05. The zero-order valence-corrected chi connectivity index (χ0v) is 21.2. The topological polar surface area (TPSA) is 84.3 Å². The van der Waals surface area contributed by atoms with Crippen LogP contribution in [0.1, 0.15) is 83.5 Å². The van der Waals surface area contributed by atoms with E-state index in [1.807, 2.05) is 60.9 Å². The maximum atomic E-state index is 13.6. The molecule has 7 heteroatoms. The normalized spacial score (nSPS) is 14.6. The van der Waals surface area contributed by atoms with E-state index in [0.29, 0.717) is 6.54 Å². The minimum absolute atomic E-state index is 0.0133. The Hall–Kier alpha value is -3.74. The highest BCUT2D eigenvalue weighted by molar-refractivity contribution is 5.99. The molecule has 0 bridgehead atoms. The van der Waals surface area contributed by atoms with E-state index in [0.717, 1.165) is 36.8 Å². The second-order valence-corrected chi connectivity index (χ2v) is 9.98. The summed E-state index contributed by atoms with van der Waals surface area (Å²) in [7, 11) is 1.70. The molecule has 1 N–H and O–H groups in total. The van der Waals surface area contributed by atoms with Crippen LogP contribution in [0.4, 0.5) is 0 Å². The Labute approximate surface area is 212 Å². The van der Waals surface area contributed by atoms with Gasteiger partial charge in [-0.25, -0.2) is 0 Å². The Morgan fingerprint density at radius 1 is 1.00 bits per heavy atom. The molecule has 36 heavy (non-hydrogen) atoms. The SMILES string of the molecule is CC(C)CN(C)C(=O)c1cn(C2CCCC2)cc(C(=O)N[C@H](c2ccccc2)c2ccncc2)c1=O. The van der Waals surface area contributed by atoms with Crippen molar-refractivity contribution in [1.29, 1.82) is 0 Å². The molecule has 0 saturated heterocycles. The summed E-state index contributed by atoms with van der Waals surface area (Å²) in [5.41, 5.74) is 1.23. The lowest BCUT2D eigenvalue weighted by molar-refractivity contribution is 0.0776. The third-order valence-electron chi connectivity index (χ3n) is 6.70. The largest absolute Gasteiger partial charge is 0.349 e. The zero-order chi connectivity index (χ0) is 25.7. The average Bonchev–Trinajstić information content (AvgIpc) is 3.42. The van der Waals surface area contributed by atoms with Crippen LogP contribution in [0.3, 0.4) is 0 Å². The second kappa shape index (κ2) is 11.3. The summed E-state index contributed by atoms with van der Waals surface area (Å²) in [5.74, 6) is -0.600. The monoisotopic (exact) mass is 486 g/mol. The van der Waals surface area contributed by atoms with Crippen LogP contribution in [0.5, 0.6) is 0 Å². The van der Waals surface area contributed by atoms with Gasteiger partial charge in [-0.2, -0.15) is 0 Å². The summed E-state index contributed by atoms with van der Waals surface area (Å²) >= 11 is 0. The van der Waals surface area contributed by atoms with E-state index in [1.54, 1.807) is 36.7 Å². The molecule has 1 aliphatic rings. The molecule has 2 heterocycles. The van der Waals surface area contributed by atoms with Gasteiger partial charge in [-0.05, 0) is 42.0 Å². The fourth-order valence-electron chi connectivity index (χ4n) is 4.93. The number of carbonyl (C=O) groups is 2. The van der Waals surface area contributed by atoms with Crippen molar-refractivity contribution in [3.63, 3.8) is 0 Å². The van der Waals surface area contributed by atoms with E-state index in [1.165, 1.54) is 0 Å². The molecule has 1 aliphatic carbocycles. The maximum Gasteiger partial charge on any atom is 0.259 e. The molecule has 1 aromatic carbocycles. The van der Waals surface area contributed by atoms with E-state index >= 15 is 0 Å². The summed E-state index contributed by atoms with van der Waals surface area (Å²) in [6.07, 6.45) is 10.7. The molecule has 7 nitrogen and oxygen atoms in total. The fourth-order valence-corrected chi connectivity index (χ4v) is 4.93. The van der Waals surface area contributed by atoms with Gasteiger partial charge in [0.25, 0.3) is 11.8 Å². The van der Waals surface area contributed by atoms with Crippen molar-refractivity contribution >= 4 is 11.8 Å². The first kappa shape index (κ1) is 25.4. The fraction of sp³-hybridized carbons (Fsp3) is 0.379. The first-order chi connectivity index (χ1) is 17.3. The molecule has 1 atom stereocenters. The van der Waals surface area contributed by atoms with Gasteiger partial charge in [0.15, 0.2) is 0 Å². The summed E-state index contributed by atoms with van der Waals surface area (Å²) < 4.78 is 1.91. The molecule has 3 aromatic rings. The van der Waals surface area contributed by atoms with Crippen molar-refractivity contribution in [3.05, 3.63) is 99.7 Å². The van der Waals surface area contributed by atoms with Gasteiger partial charge < -0.3 is 14.8 Å². The van der Waals surface area contributed by atoms with Crippen molar-refractivity contribution in [1.82, 2.24) is 19.8 Å². The molecule has 0 radical (unpaired) electrons. The highest BCUT2D eigenvalue weighted by atomic mass is 16.2. The van der Waals surface area contributed by atoms with Gasteiger partial charge in [-0.1, -0.05) is 57.0 Å². The van der Waals surface area contributed by atoms with Crippen LogP contribution < -0.4 is 10.7 Å². The molecule has 188 valence electrons. The number of pyridine rings is 2. The predicted molar refractivity (Wildman–Crippen MR) is 140 cm³/mol. The predicted octanol–water partition coefficient (Wildman–Crippen LogP) is 4.61. The van der Waals surface area contributed by atoms with E-state index < -0.39 is 17.4 Å². The maximum absolute atomic E-state index is 13.6. The second-order valence-electron chi connectivity index (χ2n) is 9.98. The Bertz CT molecular complexity index is 1210. The minimum Gasteiger partial charge on any atom is -0.349 e. The number of hydrogen-bond donors (Lipinski definition) is 1. The zero-order valence-electron chi connectivity index (χ0n) is 21.2. The average molecular weight is 487 g/mol. The van der Waals surface area contributed by atoms with Crippen LogP contribution in [-0.4, -0.2) is 39.9 Å². The molecule has 2 aromatic heterocycles. The number of nitrogens with one attached hydrogen (secondary N) is 1. The molecule has 0 aliphatic heterocycles. The van der Waals surface area contributed by atoms with Crippen LogP contribution in [0.25, 0.3) is 0 Å². The first-order valence-electron chi connectivity index (χ1n) is 12.6. The number of hydrogen-bond acceptors (Lipinski definition) is 4. The third-order valence-corrected chi connectivity index (χ3v) is 6.70. The Kier molecular flexibility index (Phi) is 7.98. The van der Waals surface area contributed by atoms with Gasteiger partial charge >= 0.3 is 0 Å². The van der Waals surface area contributed by atoms with E-state index in [9.17, 15) is 14.4 Å². The Balaban J connectivity index is 1.74. The Morgan fingerprint density at radius 2 is 1.61 bits per heavy atom. The molecular formula is C29H34N4O3. The summed E-state index contributed by atoms with van der Waals surface area (Å²) in [4.78, 5) is 46.1. The standard InChI is InChI=1S/C29H34N4O3/c1-20(2)17-32(3)29(36)25-19-33(23-11-7-8-12-23)18-24(27(25)34)28(35)31-26(21-9-5-4-6-10-21)22-13-15-30-16-14-22/h4-6,9-10,13-16,18-20,23,26H,7-8,11-12,17H2,1-3H3,(H,31,35)/t26-/m1/s1. The number of aromatic nitrogens is 2. The number of nitrogens with zero attached hydrogens (tertiary/aromatic N) is 3. The number of rotatable bonds is 8. The lowest BCUT2D eigenvalue weighted by Crippen LogP contribution is -2.38. The molecular weight excluding hydrogens is 452 g/mol. The number of amides is 2. The van der Waals surface area contributed by atoms with Gasteiger partial charge in [0.2, 0.25) is 5.43 Å². The van der Waals surface area contributed by atoms with Crippen LogP contribution >= 0.6 is 0 Å². The molecule has 1 fully saturated rings. The van der Waals surface area contributed by atoms with Crippen LogP contribution in [-0.2, 0) is 0 Å². The first-order valence-corrected chi connectivity index (χ1v) is 12.6. The minimum atomic E-state index is -0.538. The summed E-state index contributed by atoms with van der Waals surface area (Å²) in [6.45, 7) is 4.57. The van der Waals surface area contributed by atoms with Gasteiger partial charge in [0, 0.05) is 44.4 Å². The molecule has 4 rings (SSSR count). The van der Waals surface area contributed by atoms with Gasteiger partial charge in [-0.3, -0.25) is 19.4 Å². The molecule has 1 saturated carbocycles. The van der Waals surface area contributed by atoms with Crippen molar-refractivity contribution in [3.8, 4) is 0 Å². The lowest BCUT2D eigenvalue weighted by atomic mass is 9.99. The highest BCUT2D eigenvalue weighted by Gasteiger charge is 2.27. The Morgan fingerprint density at radius 3 is 2.25 bits per heavy atom. The van der Waals surface area contributed by atoms with Crippen molar-refractivity contribution < 1.29 is 9.59 Å². The molecule has 2 amide bonds. The van der Waals surface area contributed by atoms with Crippen LogP contribution in [0.15, 0.2) is 72.0 Å². The molecule has 0 unspecified atom stereocenters. The number of benzene rings is 1. The van der Waals surface area contributed by atoms with Gasteiger partial charge in [-0.15, -0.1) is 0 Å².